The molecule has 9 heteroatoms. The van der Waals surface area contributed by atoms with E-state index < -0.39 is 23.8 Å². The van der Waals surface area contributed by atoms with Crippen LogP contribution in [-0.4, -0.2) is 38.2 Å². The Hall–Kier alpha value is -2.83. The Morgan fingerprint density at radius 1 is 1.28 bits per heavy atom. The van der Waals surface area contributed by atoms with Crippen LogP contribution in [-0.2, 0) is 17.4 Å². The van der Waals surface area contributed by atoms with Crippen molar-refractivity contribution < 1.29 is 28.5 Å². The number of aryl methyl sites for hydroxylation is 1. The van der Waals surface area contributed by atoms with Crippen LogP contribution >= 0.6 is 9.24 Å². The molecule has 0 aliphatic heterocycles. The summed E-state index contributed by atoms with van der Waals surface area (Å²) in [6.07, 6.45) is 3.27. The average Bonchev–Trinajstić information content (AvgIpc) is 3.20. The topological polar surface area (TPSA) is 84.6 Å². The molecule has 2 atom stereocenters. The number of alkyl halides is 2. The van der Waals surface area contributed by atoms with Gasteiger partial charge in [-0.1, -0.05) is 33.5 Å². The third-order valence-electron chi connectivity index (χ3n) is 4.95. The smallest absolute Gasteiger partial charge is 0.341 e. The second-order valence-corrected chi connectivity index (χ2v) is 7.58. The molecular formula is C20H17F2N2O4P. The zero-order valence-corrected chi connectivity index (χ0v) is 16.4. The molecule has 1 aromatic heterocycles. The van der Waals surface area contributed by atoms with Crippen molar-refractivity contribution in [2.75, 3.05) is 6.61 Å². The number of hydrogen-bond donors (Lipinski definition) is 2. The number of aromatic nitrogens is 2. The molecular weight excluding hydrogens is 401 g/mol. The average molecular weight is 418 g/mol. The number of ether oxygens (including phenoxy) is 1. The van der Waals surface area contributed by atoms with Gasteiger partial charge in [-0.2, -0.15) is 13.9 Å². The minimum absolute atomic E-state index is 0.0551. The van der Waals surface area contributed by atoms with E-state index in [4.69, 9.17) is 9.84 Å². The van der Waals surface area contributed by atoms with Gasteiger partial charge >= 0.3 is 5.97 Å². The van der Waals surface area contributed by atoms with Gasteiger partial charge in [0.25, 0.3) is 5.66 Å². The van der Waals surface area contributed by atoms with E-state index in [1.54, 1.807) is 48.4 Å². The number of halogens is 2. The summed E-state index contributed by atoms with van der Waals surface area (Å²) in [6.45, 7) is -0.645. The third kappa shape index (κ3) is 2.99. The highest BCUT2D eigenvalue weighted by Gasteiger charge is 2.57. The van der Waals surface area contributed by atoms with Crippen molar-refractivity contribution in [1.29, 1.82) is 0 Å². The Morgan fingerprint density at radius 3 is 2.62 bits per heavy atom. The van der Waals surface area contributed by atoms with Gasteiger partial charge in [0.15, 0.2) is 12.2 Å². The first kappa shape index (κ1) is 19.5. The molecule has 4 rings (SSSR count). The molecule has 1 heterocycles. The summed E-state index contributed by atoms with van der Waals surface area (Å²) >= 11 is 0. The Morgan fingerprint density at radius 2 is 2.00 bits per heavy atom. The van der Waals surface area contributed by atoms with Crippen LogP contribution in [0.1, 0.15) is 11.1 Å². The molecule has 0 saturated carbocycles. The highest BCUT2D eigenvalue weighted by atomic mass is 31.0. The van der Waals surface area contributed by atoms with Crippen LogP contribution in [0.3, 0.4) is 0 Å². The van der Waals surface area contributed by atoms with Gasteiger partial charge in [-0.25, -0.2) is 4.79 Å². The number of benzene rings is 2. The molecule has 0 fully saturated rings. The van der Waals surface area contributed by atoms with E-state index in [1.807, 2.05) is 0 Å². The number of fused-ring (bicyclic) bond motifs is 3. The zero-order chi connectivity index (χ0) is 21.0. The lowest BCUT2D eigenvalue weighted by Crippen LogP contribution is -2.40. The number of hydrogen-bond acceptors (Lipinski definition) is 4. The van der Waals surface area contributed by atoms with Crippen LogP contribution in [0.4, 0.5) is 8.78 Å². The number of carbonyl (C=O) groups is 1. The van der Waals surface area contributed by atoms with E-state index in [9.17, 15) is 18.7 Å². The van der Waals surface area contributed by atoms with Crippen LogP contribution < -0.4 is 4.74 Å². The van der Waals surface area contributed by atoms with E-state index in [-0.39, 0.29) is 16.9 Å². The highest BCUT2D eigenvalue weighted by Crippen LogP contribution is 2.59. The molecule has 150 valence electrons. The molecule has 2 unspecified atom stereocenters. The lowest BCUT2D eigenvalue weighted by molar-refractivity contribution is -0.139. The maximum absolute atomic E-state index is 14.7. The number of aliphatic hydroxyl groups is 1. The van der Waals surface area contributed by atoms with Crippen molar-refractivity contribution in [3.8, 4) is 28.0 Å². The highest BCUT2D eigenvalue weighted by molar-refractivity contribution is 7.18. The molecule has 29 heavy (non-hydrogen) atoms. The second-order valence-electron chi connectivity index (χ2n) is 6.86. The van der Waals surface area contributed by atoms with E-state index >= 15 is 0 Å². The molecule has 3 aromatic rings. The van der Waals surface area contributed by atoms with Crippen molar-refractivity contribution >= 4 is 15.2 Å². The minimum Gasteiger partial charge on any atom is -0.482 e. The largest absolute Gasteiger partial charge is 0.482 e. The summed E-state index contributed by atoms with van der Waals surface area (Å²) < 4.78 is 36.3. The summed E-state index contributed by atoms with van der Waals surface area (Å²) in [5, 5.41) is 24.3. The van der Waals surface area contributed by atoms with E-state index in [0.717, 1.165) is 0 Å². The monoisotopic (exact) mass is 418 g/mol. The van der Waals surface area contributed by atoms with Crippen LogP contribution in [0.2, 0.25) is 0 Å². The fourth-order valence-corrected chi connectivity index (χ4v) is 4.04. The Balaban J connectivity index is 2.05. The predicted molar refractivity (Wildman–Crippen MR) is 105 cm³/mol. The summed E-state index contributed by atoms with van der Waals surface area (Å²) in [4.78, 5) is 10.9. The van der Waals surface area contributed by atoms with Crippen molar-refractivity contribution in [2.45, 2.75) is 11.3 Å². The SMILES string of the molecule is Cn1cc(-c2cc(OCC(=O)O)cc3c2-c2ccccc2C3(O)C(F)(F)P)cn1. The van der Waals surface area contributed by atoms with Crippen LogP contribution in [0, 0.1) is 0 Å². The normalized spacial score (nSPS) is 17.7. The van der Waals surface area contributed by atoms with Gasteiger partial charge < -0.3 is 14.9 Å². The lowest BCUT2D eigenvalue weighted by Gasteiger charge is -2.32. The Labute approximate surface area is 166 Å². The van der Waals surface area contributed by atoms with Gasteiger partial charge in [-0.15, -0.1) is 0 Å². The number of aliphatic carboxylic acids is 1. The van der Waals surface area contributed by atoms with Crippen LogP contribution in [0.15, 0.2) is 48.8 Å². The van der Waals surface area contributed by atoms with Crippen molar-refractivity contribution in [3.63, 3.8) is 0 Å². The molecule has 0 spiro atoms. The molecule has 2 N–H and O–H groups in total. The van der Waals surface area contributed by atoms with Gasteiger partial charge in [0.1, 0.15) is 5.75 Å². The molecule has 0 amide bonds. The fourth-order valence-electron chi connectivity index (χ4n) is 3.73. The first-order chi connectivity index (χ1) is 13.6. The Kier molecular flexibility index (Phi) is 4.44. The van der Waals surface area contributed by atoms with Gasteiger partial charge in [0, 0.05) is 29.9 Å². The van der Waals surface area contributed by atoms with Gasteiger partial charge in [0.05, 0.1) is 6.20 Å². The first-order valence-corrected chi connectivity index (χ1v) is 9.21. The van der Waals surface area contributed by atoms with E-state index in [2.05, 4.69) is 5.10 Å². The Bertz CT molecular complexity index is 1130. The molecule has 0 radical (unpaired) electrons. The standard InChI is InChI=1S/C20H17F2N2O4P/c1-24-9-11(8-23-24)14-6-12(28-10-17(25)26)7-16-18(14)13-4-2-3-5-15(13)19(16,27)20(21,22)29/h2-9,27H,10,29H2,1H3,(H,25,26). The quantitative estimate of drug-likeness (QED) is 0.622. The third-order valence-corrected chi connectivity index (χ3v) is 5.37. The fraction of sp³-hybridized carbons (Fsp3) is 0.200. The lowest BCUT2D eigenvalue weighted by atomic mass is 9.90. The van der Waals surface area contributed by atoms with Crippen LogP contribution in [0.5, 0.6) is 5.75 Å². The minimum atomic E-state index is -3.59. The number of carboxylic acid groups (broad SMARTS) is 1. The van der Waals surface area contributed by atoms with Crippen LogP contribution in [0.25, 0.3) is 22.3 Å². The van der Waals surface area contributed by atoms with E-state index in [1.165, 1.54) is 21.4 Å². The number of carboxylic acids is 1. The molecule has 1 aliphatic rings. The summed E-state index contributed by atoms with van der Waals surface area (Å²) in [6, 6.07) is 9.26. The first-order valence-electron chi connectivity index (χ1n) is 8.64. The zero-order valence-electron chi connectivity index (χ0n) is 15.3. The molecule has 2 aromatic carbocycles. The van der Waals surface area contributed by atoms with Gasteiger partial charge in [-0.05, 0) is 28.8 Å². The van der Waals surface area contributed by atoms with Crippen molar-refractivity contribution in [2.24, 2.45) is 7.05 Å². The van der Waals surface area contributed by atoms with E-state index in [0.29, 0.717) is 22.3 Å². The van der Waals surface area contributed by atoms with Crippen molar-refractivity contribution in [3.05, 3.63) is 59.9 Å². The summed E-state index contributed by atoms with van der Waals surface area (Å²) in [5.41, 5.74) is -4.17. The van der Waals surface area contributed by atoms with Gasteiger partial charge in [-0.3, -0.25) is 4.68 Å². The maximum Gasteiger partial charge on any atom is 0.341 e. The molecule has 1 aliphatic carbocycles. The summed E-state index contributed by atoms with van der Waals surface area (Å²) in [5.74, 6) is -1.14. The molecule has 0 bridgehead atoms. The number of rotatable bonds is 5. The summed E-state index contributed by atoms with van der Waals surface area (Å²) in [7, 11) is 3.12. The molecule has 0 saturated heterocycles. The second kappa shape index (κ2) is 6.61. The van der Waals surface area contributed by atoms with Crippen molar-refractivity contribution in [1.82, 2.24) is 9.78 Å². The maximum atomic E-state index is 14.7. The predicted octanol–water partition coefficient (Wildman–Crippen LogP) is 3.23. The molecule has 6 nitrogen and oxygen atoms in total. The van der Waals surface area contributed by atoms with Gasteiger partial charge in [0.2, 0.25) is 0 Å². The number of nitrogens with zero attached hydrogens (tertiary/aromatic N) is 2.